The van der Waals surface area contributed by atoms with E-state index in [2.05, 4.69) is 32.0 Å². The molecule has 0 aromatic heterocycles. The molecule has 2 rings (SSSR count). The molecule has 0 aliphatic carbocycles. The smallest absolute Gasteiger partial charge is 0.127 e. The van der Waals surface area contributed by atoms with Crippen molar-refractivity contribution in [3.63, 3.8) is 0 Å². The Morgan fingerprint density at radius 2 is 1.85 bits per heavy atom. The molecule has 0 N–H and O–H groups in total. The van der Waals surface area contributed by atoms with Crippen molar-refractivity contribution in [2.24, 2.45) is 0 Å². The molecule has 0 radical (unpaired) electrons. The fourth-order valence-corrected chi connectivity index (χ4v) is 2.48. The first-order valence-electron chi connectivity index (χ1n) is 6.95. The third kappa shape index (κ3) is 3.37. The van der Waals surface area contributed by atoms with Crippen LogP contribution in [0.1, 0.15) is 25.3 Å². The van der Waals surface area contributed by atoms with Gasteiger partial charge in [0.15, 0.2) is 0 Å². The van der Waals surface area contributed by atoms with Crippen molar-refractivity contribution >= 4 is 22.4 Å². The van der Waals surface area contributed by atoms with E-state index in [9.17, 15) is 0 Å². The van der Waals surface area contributed by atoms with E-state index in [1.165, 1.54) is 5.56 Å². The van der Waals surface area contributed by atoms with Crippen LogP contribution < -0.4 is 9.47 Å². The van der Waals surface area contributed by atoms with Crippen LogP contribution in [0.5, 0.6) is 11.5 Å². The summed E-state index contributed by atoms with van der Waals surface area (Å²) in [6.45, 7) is 4.16. The summed E-state index contributed by atoms with van der Waals surface area (Å²) >= 11 is 5.73. The number of fused-ring (bicyclic) bond motifs is 1. The molecule has 0 aliphatic rings. The molecular weight excluding hydrogens is 272 g/mol. The molecule has 20 heavy (non-hydrogen) atoms. The molecule has 2 nitrogen and oxygen atoms in total. The summed E-state index contributed by atoms with van der Waals surface area (Å²) in [5, 5.41) is 2.18. The monoisotopic (exact) mass is 292 g/mol. The molecule has 3 heteroatoms. The summed E-state index contributed by atoms with van der Waals surface area (Å²) in [6.07, 6.45) is 2.09. The van der Waals surface area contributed by atoms with Gasteiger partial charge in [-0.05, 0) is 44.9 Å². The van der Waals surface area contributed by atoms with Crippen LogP contribution in [0.2, 0.25) is 0 Å². The summed E-state index contributed by atoms with van der Waals surface area (Å²) in [5.41, 5.74) is 1.21. The minimum Gasteiger partial charge on any atom is -0.496 e. The van der Waals surface area contributed by atoms with Gasteiger partial charge < -0.3 is 9.47 Å². The summed E-state index contributed by atoms with van der Waals surface area (Å²) < 4.78 is 11.5. The fraction of sp³-hybridized carbons (Fsp3) is 0.412. The lowest BCUT2D eigenvalue weighted by atomic mass is 10.1. The second-order valence-electron chi connectivity index (χ2n) is 5.07. The standard InChI is InChI=1S/C17H21ClO2/c1-12-6-7-14-15(11-12)17(9-8-16(14)19-3)20-13(2)5-4-10-18/h6-9,11,13H,4-5,10H2,1-3H3. The molecule has 0 fully saturated rings. The molecule has 0 spiro atoms. The van der Waals surface area contributed by atoms with Crippen LogP contribution in [0.25, 0.3) is 10.8 Å². The zero-order valence-corrected chi connectivity index (χ0v) is 13.0. The van der Waals surface area contributed by atoms with Crippen molar-refractivity contribution < 1.29 is 9.47 Å². The van der Waals surface area contributed by atoms with Gasteiger partial charge in [0.25, 0.3) is 0 Å². The number of rotatable bonds is 6. The van der Waals surface area contributed by atoms with Crippen LogP contribution in [-0.2, 0) is 0 Å². The molecule has 0 saturated heterocycles. The summed E-state index contributed by atoms with van der Waals surface area (Å²) in [7, 11) is 1.69. The number of benzene rings is 2. The van der Waals surface area contributed by atoms with Crippen molar-refractivity contribution in [3.05, 3.63) is 35.9 Å². The highest BCUT2D eigenvalue weighted by molar-refractivity contribution is 6.17. The first-order chi connectivity index (χ1) is 9.65. The van der Waals surface area contributed by atoms with E-state index in [4.69, 9.17) is 21.1 Å². The number of hydrogen-bond acceptors (Lipinski definition) is 2. The maximum atomic E-state index is 6.07. The normalized spacial score (nSPS) is 12.4. The Labute approximate surface area is 125 Å². The number of hydrogen-bond donors (Lipinski definition) is 0. The minimum atomic E-state index is 0.158. The molecule has 2 aromatic rings. The number of aryl methyl sites for hydroxylation is 1. The molecule has 0 bridgehead atoms. The van der Waals surface area contributed by atoms with Crippen molar-refractivity contribution in [1.29, 1.82) is 0 Å². The molecular formula is C17H21ClO2. The summed E-state index contributed by atoms with van der Waals surface area (Å²) in [5.74, 6) is 2.46. The molecule has 0 saturated carbocycles. The van der Waals surface area contributed by atoms with Gasteiger partial charge in [-0.2, -0.15) is 0 Å². The second kappa shape index (κ2) is 6.85. The Morgan fingerprint density at radius 3 is 2.55 bits per heavy atom. The largest absolute Gasteiger partial charge is 0.496 e. The van der Waals surface area contributed by atoms with Gasteiger partial charge in [0.1, 0.15) is 11.5 Å². The Bertz CT molecular complexity index is 580. The van der Waals surface area contributed by atoms with Gasteiger partial charge in [0.2, 0.25) is 0 Å². The average Bonchev–Trinajstić information content (AvgIpc) is 2.45. The van der Waals surface area contributed by atoms with Crippen molar-refractivity contribution in [2.75, 3.05) is 13.0 Å². The molecule has 1 unspecified atom stereocenters. The Morgan fingerprint density at radius 1 is 1.10 bits per heavy atom. The van der Waals surface area contributed by atoms with Gasteiger partial charge in [-0.15, -0.1) is 11.6 Å². The van der Waals surface area contributed by atoms with E-state index in [1.807, 2.05) is 12.1 Å². The van der Waals surface area contributed by atoms with Crippen LogP contribution in [0, 0.1) is 6.92 Å². The fourth-order valence-electron chi connectivity index (χ4n) is 2.33. The topological polar surface area (TPSA) is 18.5 Å². The molecule has 0 aliphatic heterocycles. The second-order valence-corrected chi connectivity index (χ2v) is 5.45. The van der Waals surface area contributed by atoms with Crippen molar-refractivity contribution in [2.45, 2.75) is 32.8 Å². The Hall–Kier alpha value is -1.41. The zero-order valence-electron chi connectivity index (χ0n) is 12.3. The van der Waals surface area contributed by atoms with Crippen LogP contribution in [-0.4, -0.2) is 19.1 Å². The lowest BCUT2D eigenvalue weighted by molar-refractivity contribution is 0.213. The van der Waals surface area contributed by atoms with E-state index in [-0.39, 0.29) is 6.10 Å². The molecule has 0 amide bonds. The maximum absolute atomic E-state index is 6.07. The number of alkyl halides is 1. The number of halogens is 1. The summed E-state index contributed by atoms with van der Waals surface area (Å²) in [6, 6.07) is 10.3. The molecule has 1 atom stereocenters. The van der Waals surface area contributed by atoms with Crippen LogP contribution in [0.3, 0.4) is 0 Å². The van der Waals surface area contributed by atoms with Crippen LogP contribution in [0.4, 0.5) is 0 Å². The van der Waals surface area contributed by atoms with E-state index in [1.54, 1.807) is 7.11 Å². The maximum Gasteiger partial charge on any atom is 0.127 e. The van der Waals surface area contributed by atoms with Gasteiger partial charge >= 0.3 is 0 Å². The predicted octanol–water partition coefficient (Wildman–Crippen LogP) is 4.94. The van der Waals surface area contributed by atoms with Gasteiger partial charge in [-0.1, -0.05) is 17.7 Å². The summed E-state index contributed by atoms with van der Waals surface area (Å²) in [4.78, 5) is 0. The first kappa shape index (κ1) is 15.0. The highest BCUT2D eigenvalue weighted by atomic mass is 35.5. The van der Waals surface area contributed by atoms with Gasteiger partial charge in [0, 0.05) is 16.7 Å². The minimum absolute atomic E-state index is 0.158. The van der Waals surface area contributed by atoms with Crippen LogP contribution >= 0.6 is 11.6 Å². The van der Waals surface area contributed by atoms with Crippen molar-refractivity contribution in [3.8, 4) is 11.5 Å². The van der Waals surface area contributed by atoms with Gasteiger partial charge in [-0.25, -0.2) is 0 Å². The van der Waals surface area contributed by atoms with Gasteiger partial charge in [0.05, 0.1) is 13.2 Å². The molecule has 2 aromatic carbocycles. The third-order valence-corrected chi connectivity index (χ3v) is 3.65. The molecule has 0 heterocycles. The van der Waals surface area contributed by atoms with E-state index in [0.29, 0.717) is 5.88 Å². The third-order valence-electron chi connectivity index (χ3n) is 3.38. The first-order valence-corrected chi connectivity index (χ1v) is 7.49. The van der Waals surface area contributed by atoms with Crippen molar-refractivity contribution in [1.82, 2.24) is 0 Å². The predicted molar refractivity (Wildman–Crippen MR) is 85.3 cm³/mol. The Kier molecular flexibility index (Phi) is 5.13. The van der Waals surface area contributed by atoms with Crippen LogP contribution in [0.15, 0.2) is 30.3 Å². The zero-order chi connectivity index (χ0) is 14.5. The van der Waals surface area contributed by atoms with E-state index < -0.39 is 0 Å². The quantitative estimate of drug-likeness (QED) is 0.702. The van der Waals surface area contributed by atoms with E-state index in [0.717, 1.165) is 35.1 Å². The number of ether oxygens (including phenoxy) is 2. The number of methoxy groups -OCH3 is 1. The SMILES string of the molecule is COc1ccc(OC(C)CCCCl)c2cc(C)ccc12. The highest BCUT2D eigenvalue weighted by Crippen LogP contribution is 2.34. The lowest BCUT2D eigenvalue weighted by Gasteiger charge is -2.17. The highest BCUT2D eigenvalue weighted by Gasteiger charge is 2.10. The Balaban J connectivity index is 2.36. The lowest BCUT2D eigenvalue weighted by Crippen LogP contribution is -2.12. The van der Waals surface area contributed by atoms with Gasteiger partial charge in [-0.3, -0.25) is 0 Å². The van der Waals surface area contributed by atoms with E-state index >= 15 is 0 Å². The average molecular weight is 293 g/mol. The molecule has 108 valence electrons.